The molecule has 7 nitrogen and oxygen atoms in total. The highest BCUT2D eigenvalue weighted by Gasteiger charge is 2.24. The molecule has 1 aromatic rings. The average Bonchev–Trinajstić information content (AvgIpc) is 3.10. The number of aromatic nitrogens is 3. The van der Waals surface area contributed by atoms with Crippen molar-refractivity contribution in [1.82, 2.24) is 25.2 Å². The van der Waals surface area contributed by atoms with Gasteiger partial charge in [-0.25, -0.2) is 4.68 Å². The summed E-state index contributed by atoms with van der Waals surface area (Å²) in [7, 11) is 0. The maximum absolute atomic E-state index is 12.0. The zero-order valence-electron chi connectivity index (χ0n) is 13.0. The molecular formula is C14H26N6O. The Bertz CT molecular complexity index is 452. The number of rotatable bonds is 7. The molecule has 3 N–H and O–H groups in total. The van der Waals surface area contributed by atoms with Crippen LogP contribution >= 0.6 is 0 Å². The fourth-order valence-corrected chi connectivity index (χ4v) is 2.79. The van der Waals surface area contributed by atoms with E-state index in [-0.39, 0.29) is 12.5 Å². The molecule has 1 unspecified atom stereocenters. The third-order valence-electron chi connectivity index (χ3n) is 3.99. The van der Waals surface area contributed by atoms with Crippen LogP contribution in [0.15, 0.2) is 6.20 Å². The van der Waals surface area contributed by atoms with Gasteiger partial charge in [-0.05, 0) is 31.8 Å². The lowest BCUT2D eigenvalue weighted by Gasteiger charge is -2.30. The van der Waals surface area contributed by atoms with E-state index in [1.165, 1.54) is 17.5 Å². The van der Waals surface area contributed by atoms with Crippen molar-refractivity contribution >= 4 is 5.91 Å². The Labute approximate surface area is 125 Å². The van der Waals surface area contributed by atoms with E-state index in [1.54, 1.807) is 6.20 Å². The molecule has 0 saturated carbocycles. The third kappa shape index (κ3) is 4.50. The zero-order valence-corrected chi connectivity index (χ0v) is 13.0. The summed E-state index contributed by atoms with van der Waals surface area (Å²) in [6.45, 7) is 7.92. The fraction of sp³-hybridized carbons (Fsp3) is 0.786. The molecule has 0 radical (unpaired) electrons. The van der Waals surface area contributed by atoms with Gasteiger partial charge in [0.2, 0.25) is 5.91 Å². The number of hydrogen-bond acceptors (Lipinski definition) is 5. The van der Waals surface area contributed by atoms with Crippen LogP contribution in [-0.2, 0) is 17.9 Å². The van der Waals surface area contributed by atoms with E-state index in [1.807, 2.05) is 0 Å². The normalized spacial score (nSPS) is 17.3. The molecule has 1 amide bonds. The first kappa shape index (κ1) is 15.9. The molecule has 1 aromatic heterocycles. The summed E-state index contributed by atoms with van der Waals surface area (Å²) >= 11 is 0. The SMILES string of the molecule is CC(C)C(CNC(=O)Cn1cc(CN)nn1)N1CCCC1. The van der Waals surface area contributed by atoms with Crippen molar-refractivity contribution in [1.29, 1.82) is 0 Å². The summed E-state index contributed by atoms with van der Waals surface area (Å²) < 4.78 is 1.53. The smallest absolute Gasteiger partial charge is 0.241 e. The molecular weight excluding hydrogens is 268 g/mol. The first-order valence-corrected chi connectivity index (χ1v) is 7.70. The molecule has 0 bridgehead atoms. The van der Waals surface area contributed by atoms with Crippen molar-refractivity contribution in [2.24, 2.45) is 11.7 Å². The van der Waals surface area contributed by atoms with Crippen molar-refractivity contribution in [3.05, 3.63) is 11.9 Å². The maximum Gasteiger partial charge on any atom is 0.241 e. The zero-order chi connectivity index (χ0) is 15.2. The van der Waals surface area contributed by atoms with Gasteiger partial charge in [0.25, 0.3) is 0 Å². The predicted octanol–water partition coefficient (Wildman–Crippen LogP) is -0.0266. The highest BCUT2D eigenvalue weighted by Crippen LogP contribution is 2.17. The Morgan fingerprint density at radius 2 is 2.14 bits per heavy atom. The second-order valence-electron chi connectivity index (χ2n) is 5.97. The van der Waals surface area contributed by atoms with Crippen LogP contribution in [0.2, 0.25) is 0 Å². The lowest BCUT2D eigenvalue weighted by atomic mass is 10.0. The van der Waals surface area contributed by atoms with Gasteiger partial charge in [0.05, 0.1) is 11.9 Å². The molecule has 7 heteroatoms. The van der Waals surface area contributed by atoms with Crippen molar-refractivity contribution in [2.45, 2.75) is 45.8 Å². The molecule has 0 aliphatic carbocycles. The van der Waals surface area contributed by atoms with E-state index in [4.69, 9.17) is 5.73 Å². The molecule has 1 aliphatic heterocycles. The van der Waals surface area contributed by atoms with Gasteiger partial charge in [-0.3, -0.25) is 9.69 Å². The second-order valence-corrected chi connectivity index (χ2v) is 5.97. The summed E-state index contributed by atoms with van der Waals surface area (Å²) in [6, 6.07) is 0.409. The van der Waals surface area contributed by atoms with Crippen LogP contribution in [0.25, 0.3) is 0 Å². The minimum Gasteiger partial charge on any atom is -0.353 e. The standard InChI is InChI=1S/C14H26N6O/c1-11(2)13(19-5-3-4-6-19)8-16-14(21)10-20-9-12(7-15)17-18-20/h9,11,13H,3-8,10,15H2,1-2H3,(H,16,21). The van der Waals surface area contributed by atoms with E-state index >= 15 is 0 Å². The molecule has 2 rings (SSSR count). The first-order valence-electron chi connectivity index (χ1n) is 7.70. The van der Waals surface area contributed by atoms with Gasteiger partial charge in [-0.2, -0.15) is 0 Å². The van der Waals surface area contributed by atoms with Crippen LogP contribution < -0.4 is 11.1 Å². The fourth-order valence-electron chi connectivity index (χ4n) is 2.79. The van der Waals surface area contributed by atoms with Gasteiger partial charge < -0.3 is 11.1 Å². The van der Waals surface area contributed by atoms with Crippen LogP contribution in [0, 0.1) is 5.92 Å². The molecule has 0 spiro atoms. The Morgan fingerprint density at radius 3 is 2.71 bits per heavy atom. The van der Waals surface area contributed by atoms with E-state index in [0.717, 1.165) is 13.1 Å². The monoisotopic (exact) mass is 294 g/mol. The van der Waals surface area contributed by atoms with Gasteiger partial charge in [-0.15, -0.1) is 5.10 Å². The Morgan fingerprint density at radius 1 is 1.43 bits per heavy atom. The highest BCUT2D eigenvalue weighted by atomic mass is 16.2. The second kappa shape index (κ2) is 7.51. The van der Waals surface area contributed by atoms with E-state index in [2.05, 4.69) is 34.4 Å². The molecule has 1 fully saturated rings. The lowest BCUT2D eigenvalue weighted by molar-refractivity contribution is -0.122. The molecule has 0 aromatic carbocycles. The van der Waals surface area contributed by atoms with Gasteiger partial charge in [0, 0.05) is 19.1 Å². The number of carbonyl (C=O) groups is 1. The van der Waals surface area contributed by atoms with Gasteiger partial charge in [0.15, 0.2) is 0 Å². The van der Waals surface area contributed by atoms with E-state index in [9.17, 15) is 4.79 Å². The third-order valence-corrected chi connectivity index (χ3v) is 3.99. The number of nitrogens with two attached hydrogens (primary N) is 1. The minimum absolute atomic E-state index is 0.0340. The molecule has 1 aliphatic rings. The molecule has 1 atom stereocenters. The number of likely N-dealkylation sites (tertiary alicyclic amines) is 1. The predicted molar refractivity (Wildman–Crippen MR) is 80.4 cm³/mol. The topological polar surface area (TPSA) is 89.1 Å². The van der Waals surface area contributed by atoms with Crippen LogP contribution in [0.3, 0.4) is 0 Å². The van der Waals surface area contributed by atoms with Crippen molar-refractivity contribution in [3.8, 4) is 0 Å². The van der Waals surface area contributed by atoms with E-state index < -0.39 is 0 Å². The summed E-state index contributed by atoms with van der Waals surface area (Å²) in [6.07, 6.45) is 4.23. The van der Waals surface area contributed by atoms with Crippen LogP contribution in [0.4, 0.5) is 0 Å². The van der Waals surface area contributed by atoms with Crippen molar-refractivity contribution in [3.63, 3.8) is 0 Å². The van der Waals surface area contributed by atoms with Gasteiger partial charge in [0.1, 0.15) is 6.54 Å². The first-order chi connectivity index (χ1) is 10.1. The molecule has 2 heterocycles. The summed E-state index contributed by atoms with van der Waals surface area (Å²) in [5.41, 5.74) is 6.17. The van der Waals surface area contributed by atoms with Crippen LogP contribution in [0.1, 0.15) is 32.4 Å². The van der Waals surface area contributed by atoms with E-state index in [0.29, 0.717) is 30.7 Å². The van der Waals surface area contributed by atoms with Crippen LogP contribution in [-0.4, -0.2) is 51.5 Å². The quantitative estimate of drug-likeness (QED) is 0.737. The average molecular weight is 294 g/mol. The summed E-state index contributed by atoms with van der Waals surface area (Å²) in [5, 5.41) is 10.8. The number of hydrogen-bond donors (Lipinski definition) is 2. The van der Waals surface area contributed by atoms with Gasteiger partial charge >= 0.3 is 0 Å². The number of nitrogens with zero attached hydrogens (tertiary/aromatic N) is 4. The number of nitrogens with one attached hydrogen (secondary N) is 1. The van der Waals surface area contributed by atoms with Crippen molar-refractivity contribution < 1.29 is 4.79 Å². The highest BCUT2D eigenvalue weighted by molar-refractivity contribution is 5.75. The van der Waals surface area contributed by atoms with Crippen molar-refractivity contribution in [2.75, 3.05) is 19.6 Å². The van der Waals surface area contributed by atoms with Crippen LogP contribution in [0.5, 0.6) is 0 Å². The Balaban J connectivity index is 1.81. The number of amides is 1. The molecule has 1 saturated heterocycles. The molecule has 21 heavy (non-hydrogen) atoms. The Hall–Kier alpha value is -1.47. The minimum atomic E-state index is -0.0340. The number of carbonyl (C=O) groups excluding carboxylic acids is 1. The lowest BCUT2D eigenvalue weighted by Crippen LogP contribution is -2.46. The summed E-state index contributed by atoms with van der Waals surface area (Å²) in [4.78, 5) is 14.5. The Kier molecular flexibility index (Phi) is 5.69. The maximum atomic E-state index is 12.0. The summed E-state index contributed by atoms with van der Waals surface area (Å²) in [5.74, 6) is 0.493. The largest absolute Gasteiger partial charge is 0.353 e. The molecule has 118 valence electrons. The van der Waals surface area contributed by atoms with Gasteiger partial charge in [-0.1, -0.05) is 19.1 Å².